The number of hydrogen-bond acceptors (Lipinski definition) is 5. The van der Waals surface area contributed by atoms with E-state index in [2.05, 4.69) is 0 Å². The second-order valence-corrected chi connectivity index (χ2v) is 9.27. The largest absolute Gasteiger partial charge is 0.497 e. The van der Waals surface area contributed by atoms with Crippen molar-refractivity contribution in [2.75, 3.05) is 14.2 Å². The number of carbonyl (C=O) groups excluding carboxylic acids is 1. The van der Waals surface area contributed by atoms with Crippen LogP contribution in [-0.4, -0.2) is 32.8 Å². The molecule has 0 bridgehead atoms. The van der Waals surface area contributed by atoms with Crippen molar-refractivity contribution >= 4 is 27.5 Å². The summed E-state index contributed by atoms with van der Waals surface area (Å²) in [5.41, 5.74) is 6.73. The summed E-state index contributed by atoms with van der Waals surface area (Å²) in [6.07, 6.45) is 0. The summed E-state index contributed by atoms with van der Waals surface area (Å²) in [6.45, 7) is -0.152. The molecule has 7 nitrogen and oxygen atoms in total. The van der Waals surface area contributed by atoms with Gasteiger partial charge in [-0.15, -0.1) is 0 Å². The highest BCUT2D eigenvalue weighted by Gasteiger charge is 2.36. The van der Waals surface area contributed by atoms with Crippen LogP contribution in [0, 0.1) is 0 Å². The molecule has 168 valence electrons. The molecule has 3 aromatic carbocycles. The van der Waals surface area contributed by atoms with Crippen LogP contribution in [-0.2, 0) is 21.4 Å². The predicted molar refractivity (Wildman–Crippen MR) is 122 cm³/mol. The topological polar surface area (TPSA) is 98.9 Å². The molecule has 0 aliphatic carbocycles. The molecule has 32 heavy (non-hydrogen) atoms. The number of hydrogen-bond donors (Lipinski definition) is 1. The van der Waals surface area contributed by atoms with Gasteiger partial charge in [0.25, 0.3) is 0 Å². The molecule has 0 saturated carbocycles. The van der Waals surface area contributed by atoms with E-state index < -0.39 is 22.0 Å². The van der Waals surface area contributed by atoms with Crippen LogP contribution in [0.2, 0.25) is 5.02 Å². The van der Waals surface area contributed by atoms with Gasteiger partial charge < -0.3 is 15.2 Å². The van der Waals surface area contributed by atoms with Crippen LogP contribution in [0.3, 0.4) is 0 Å². The number of sulfonamides is 1. The molecule has 0 aliphatic heterocycles. The molecule has 3 aromatic rings. The fraction of sp³-hybridized carbons (Fsp3) is 0.174. The zero-order valence-electron chi connectivity index (χ0n) is 17.6. The minimum absolute atomic E-state index is 0.0149. The van der Waals surface area contributed by atoms with Crippen LogP contribution >= 0.6 is 11.6 Å². The number of benzene rings is 3. The molecule has 0 saturated heterocycles. The summed E-state index contributed by atoms with van der Waals surface area (Å²) < 4.78 is 39.1. The highest BCUT2D eigenvalue weighted by molar-refractivity contribution is 7.89. The zero-order valence-corrected chi connectivity index (χ0v) is 19.1. The van der Waals surface area contributed by atoms with Gasteiger partial charge in [0.05, 0.1) is 19.1 Å². The molecule has 0 radical (unpaired) electrons. The first-order valence-electron chi connectivity index (χ1n) is 9.60. The van der Waals surface area contributed by atoms with Crippen LogP contribution in [0.15, 0.2) is 77.7 Å². The second-order valence-electron chi connectivity index (χ2n) is 6.94. The fourth-order valence-electron chi connectivity index (χ4n) is 3.30. The van der Waals surface area contributed by atoms with Gasteiger partial charge in [-0.1, -0.05) is 41.9 Å². The lowest BCUT2D eigenvalue weighted by Crippen LogP contribution is -2.41. The van der Waals surface area contributed by atoms with Gasteiger partial charge in [-0.2, -0.15) is 4.31 Å². The first-order valence-corrected chi connectivity index (χ1v) is 11.4. The van der Waals surface area contributed by atoms with Crippen LogP contribution in [0.25, 0.3) is 0 Å². The van der Waals surface area contributed by atoms with Gasteiger partial charge in [0.1, 0.15) is 17.5 Å². The molecule has 0 fully saturated rings. The van der Waals surface area contributed by atoms with Crippen LogP contribution < -0.4 is 15.2 Å². The summed E-state index contributed by atoms with van der Waals surface area (Å²) >= 11 is 5.94. The number of primary amides is 1. The van der Waals surface area contributed by atoms with Gasteiger partial charge in [-0.25, -0.2) is 8.42 Å². The van der Waals surface area contributed by atoms with E-state index in [1.807, 2.05) is 0 Å². The first-order chi connectivity index (χ1) is 15.3. The average Bonchev–Trinajstić information content (AvgIpc) is 2.79. The van der Waals surface area contributed by atoms with Crippen molar-refractivity contribution in [3.63, 3.8) is 0 Å². The van der Waals surface area contributed by atoms with Crippen molar-refractivity contribution in [3.8, 4) is 11.5 Å². The maximum absolute atomic E-state index is 13.7. The third-order valence-electron chi connectivity index (χ3n) is 4.84. The normalized spacial score (nSPS) is 12.4. The van der Waals surface area contributed by atoms with Crippen molar-refractivity contribution in [1.29, 1.82) is 0 Å². The van der Waals surface area contributed by atoms with Gasteiger partial charge in [0, 0.05) is 17.6 Å². The van der Waals surface area contributed by atoms with Crippen molar-refractivity contribution in [2.24, 2.45) is 5.73 Å². The monoisotopic (exact) mass is 474 g/mol. The molecule has 0 aromatic heterocycles. The Morgan fingerprint density at radius 1 is 0.969 bits per heavy atom. The Kier molecular flexibility index (Phi) is 7.40. The number of methoxy groups -OCH3 is 2. The third-order valence-corrected chi connectivity index (χ3v) is 6.92. The highest BCUT2D eigenvalue weighted by Crippen LogP contribution is 2.32. The van der Waals surface area contributed by atoms with Crippen LogP contribution in [0.1, 0.15) is 17.2 Å². The van der Waals surface area contributed by atoms with Crippen molar-refractivity contribution in [2.45, 2.75) is 17.5 Å². The van der Waals surface area contributed by atoms with Crippen LogP contribution in [0.5, 0.6) is 11.5 Å². The van der Waals surface area contributed by atoms with Gasteiger partial charge >= 0.3 is 0 Å². The van der Waals surface area contributed by atoms with E-state index in [0.717, 1.165) is 4.31 Å². The summed E-state index contributed by atoms with van der Waals surface area (Å²) in [5, 5.41) is 0.391. The van der Waals surface area contributed by atoms with E-state index in [4.69, 9.17) is 26.8 Å². The number of nitrogens with two attached hydrogens (primary N) is 1. The van der Waals surface area contributed by atoms with Gasteiger partial charge in [-0.3, -0.25) is 4.79 Å². The number of carbonyl (C=O) groups is 1. The Balaban J connectivity index is 2.17. The molecule has 0 aliphatic rings. The Morgan fingerprint density at radius 2 is 1.53 bits per heavy atom. The van der Waals surface area contributed by atoms with Gasteiger partial charge in [0.15, 0.2) is 0 Å². The van der Waals surface area contributed by atoms with Crippen molar-refractivity contribution in [3.05, 3.63) is 88.9 Å². The standard InChI is InChI=1S/C23H23ClN2O5S/c1-30-19-12-16(13-20(14-19)31-2)15-26(22(23(25)27)17-6-4-3-5-7-17)32(28,29)21-10-8-18(24)9-11-21/h3-14,22H,15H2,1-2H3,(H2,25,27). The maximum Gasteiger partial charge on any atom is 0.244 e. The Hall–Kier alpha value is -3.07. The summed E-state index contributed by atoms with van der Waals surface area (Å²) in [4.78, 5) is 12.5. The average molecular weight is 475 g/mol. The van der Waals surface area contributed by atoms with Crippen molar-refractivity contribution in [1.82, 2.24) is 4.31 Å². The number of ether oxygens (including phenoxy) is 2. The second kappa shape index (κ2) is 10.0. The Morgan fingerprint density at radius 3 is 2.03 bits per heavy atom. The molecule has 0 heterocycles. The van der Waals surface area contributed by atoms with E-state index in [1.165, 1.54) is 38.5 Å². The van der Waals surface area contributed by atoms with E-state index in [-0.39, 0.29) is 11.4 Å². The molecule has 2 N–H and O–H groups in total. The quantitative estimate of drug-likeness (QED) is 0.509. The van der Waals surface area contributed by atoms with Crippen LogP contribution in [0.4, 0.5) is 0 Å². The SMILES string of the molecule is COc1cc(CN(C(C(N)=O)c2ccccc2)S(=O)(=O)c2ccc(Cl)cc2)cc(OC)c1. The number of rotatable bonds is 9. The molecular weight excluding hydrogens is 452 g/mol. The molecule has 0 spiro atoms. The predicted octanol–water partition coefficient (Wildman–Crippen LogP) is 3.77. The van der Waals surface area contributed by atoms with Gasteiger partial charge in [0.2, 0.25) is 15.9 Å². The van der Waals surface area contributed by atoms with E-state index in [1.54, 1.807) is 48.5 Å². The number of nitrogens with zero attached hydrogens (tertiary/aromatic N) is 1. The van der Waals surface area contributed by atoms with E-state index in [9.17, 15) is 13.2 Å². The summed E-state index contributed by atoms with van der Waals surface area (Å²) in [6, 6.07) is 18.0. The van der Waals surface area contributed by atoms with E-state index in [0.29, 0.717) is 27.6 Å². The number of halogens is 1. The molecule has 1 amide bonds. The fourth-order valence-corrected chi connectivity index (χ4v) is 5.00. The third kappa shape index (κ3) is 5.21. The molecule has 9 heteroatoms. The van der Waals surface area contributed by atoms with E-state index >= 15 is 0 Å². The Labute approximate surface area is 192 Å². The molecular formula is C23H23ClN2O5S. The molecule has 3 rings (SSSR count). The Bertz CT molecular complexity index is 1160. The lowest BCUT2D eigenvalue weighted by Gasteiger charge is -2.29. The lowest BCUT2D eigenvalue weighted by atomic mass is 10.1. The first kappa shape index (κ1) is 23.6. The lowest BCUT2D eigenvalue weighted by molar-refractivity contribution is -0.122. The maximum atomic E-state index is 13.7. The van der Waals surface area contributed by atoms with Crippen molar-refractivity contribution < 1.29 is 22.7 Å². The van der Waals surface area contributed by atoms with Gasteiger partial charge in [-0.05, 0) is 47.5 Å². The number of amides is 1. The minimum atomic E-state index is -4.16. The summed E-state index contributed by atoms with van der Waals surface area (Å²) in [7, 11) is -1.16. The minimum Gasteiger partial charge on any atom is -0.497 e. The zero-order chi connectivity index (χ0) is 23.3. The summed E-state index contributed by atoms with van der Waals surface area (Å²) in [5.74, 6) is 0.167. The molecule has 1 unspecified atom stereocenters. The molecule has 1 atom stereocenters. The smallest absolute Gasteiger partial charge is 0.244 e. The highest BCUT2D eigenvalue weighted by atomic mass is 35.5.